The van der Waals surface area contributed by atoms with Gasteiger partial charge in [-0.2, -0.15) is 0 Å². The van der Waals surface area contributed by atoms with Gasteiger partial charge in [-0.3, -0.25) is 19.1 Å². The van der Waals surface area contributed by atoms with E-state index in [0.29, 0.717) is 27.8 Å². The number of amides is 1. The first-order valence-electron chi connectivity index (χ1n) is 11.1. The SMILES string of the molecule is CC1CC(C)CN(Cc2ccc(CNC(=O)c3ccc4c(=O)n(C)c(=S)[nH]c4c3)cc2)C1. The summed E-state index contributed by atoms with van der Waals surface area (Å²) in [6, 6.07) is 13.5. The average Bonchev–Trinajstić information content (AvgIpc) is 2.76. The minimum Gasteiger partial charge on any atom is -0.348 e. The van der Waals surface area contributed by atoms with Crippen LogP contribution in [-0.2, 0) is 20.1 Å². The zero-order valence-corrected chi connectivity index (χ0v) is 19.7. The summed E-state index contributed by atoms with van der Waals surface area (Å²) in [6.07, 6.45) is 1.31. The maximum atomic E-state index is 12.6. The molecule has 2 heterocycles. The number of nitrogens with one attached hydrogen (secondary N) is 2. The molecule has 1 aliphatic heterocycles. The molecule has 6 nitrogen and oxygen atoms in total. The third-order valence-corrected chi connectivity index (χ3v) is 6.57. The molecule has 2 atom stereocenters. The lowest BCUT2D eigenvalue weighted by molar-refractivity contribution is 0.0951. The second-order valence-corrected chi connectivity index (χ2v) is 9.58. The van der Waals surface area contributed by atoms with E-state index in [2.05, 4.69) is 53.3 Å². The fourth-order valence-electron chi connectivity index (χ4n) is 4.67. The minimum absolute atomic E-state index is 0.177. The van der Waals surface area contributed by atoms with Crippen LogP contribution in [0, 0.1) is 16.6 Å². The van der Waals surface area contributed by atoms with Crippen molar-refractivity contribution in [1.82, 2.24) is 19.8 Å². The summed E-state index contributed by atoms with van der Waals surface area (Å²) in [5.74, 6) is 1.32. The fraction of sp³-hybridized carbons (Fsp3) is 0.400. The van der Waals surface area contributed by atoms with E-state index >= 15 is 0 Å². The number of carbonyl (C=O) groups is 1. The third kappa shape index (κ3) is 5.00. The predicted octanol–water partition coefficient (Wildman–Crippen LogP) is 4.00. The molecule has 2 aromatic carbocycles. The molecule has 0 radical (unpaired) electrons. The zero-order valence-electron chi connectivity index (χ0n) is 18.9. The average molecular weight is 451 g/mol. The van der Waals surface area contributed by atoms with Crippen molar-refractivity contribution in [3.63, 3.8) is 0 Å². The van der Waals surface area contributed by atoms with Crippen LogP contribution in [0.4, 0.5) is 0 Å². The molecule has 1 fully saturated rings. The van der Waals surface area contributed by atoms with Crippen LogP contribution in [0.3, 0.4) is 0 Å². The first-order chi connectivity index (χ1) is 15.3. The third-order valence-electron chi connectivity index (χ3n) is 6.19. The number of benzene rings is 2. The molecule has 2 N–H and O–H groups in total. The van der Waals surface area contributed by atoms with Gasteiger partial charge < -0.3 is 10.3 Å². The summed E-state index contributed by atoms with van der Waals surface area (Å²) in [7, 11) is 1.63. The van der Waals surface area contributed by atoms with E-state index in [-0.39, 0.29) is 11.5 Å². The van der Waals surface area contributed by atoms with Gasteiger partial charge in [0.2, 0.25) is 0 Å². The molecule has 0 spiro atoms. The smallest absolute Gasteiger partial charge is 0.261 e. The maximum absolute atomic E-state index is 12.6. The largest absolute Gasteiger partial charge is 0.348 e. The van der Waals surface area contributed by atoms with Crippen LogP contribution in [-0.4, -0.2) is 33.4 Å². The Morgan fingerprint density at radius 2 is 1.75 bits per heavy atom. The number of nitrogens with zero attached hydrogens (tertiary/aromatic N) is 2. The number of piperidine rings is 1. The number of hydrogen-bond acceptors (Lipinski definition) is 4. The standard InChI is InChI=1S/C25H30N4O2S/c1-16-10-17(2)14-29(13-16)15-19-6-4-18(5-7-19)12-26-23(30)20-8-9-21-22(11-20)27-25(32)28(3)24(21)31/h4-9,11,16-17H,10,12-15H2,1-3H3,(H,26,30)(H,27,32). The Kier molecular flexibility index (Phi) is 6.58. The highest BCUT2D eigenvalue weighted by Crippen LogP contribution is 2.22. The highest BCUT2D eigenvalue weighted by atomic mass is 32.1. The van der Waals surface area contributed by atoms with Gasteiger partial charge in [-0.25, -0.2) is 0 Å². The van der Waals surface area contributed by atoms with E-state index in [1.54, 1.807) is 25.2 Å². The molecule has 0 bridgehead atoms. The van der Waals surface area contributed by atoms with Crippen molar-refractivity contribution in [2.24, 2.45) is 18.9 Å². The number of aromatic nitrogens is 2. The van der Waals surface area contributed by atoms with E-state index in [0.717, 1.165) is 37.0 Å². The first kappa shape index (κ1) is 22.4. The molecule has 1 saturated heterocycles. The monoisotopic (exact) mass is 450 g/mol. The lowest BCUT2D eigenvalue weighted by Crippen LogP contribution is -2.38. The van der Waals surface area contributed by atoms with Crippen molar-refractivity contribution in [3.8, 4) is 0 Å². The van der Waals surface area contributed by atoms with Crippen molar-refractivity contribution in [2.45, 2.75) is 33.4 Å². The number of rotatable bonds is 5. The molecule has 0 saturated carbocycles. The molecule has 1 aliphatic rings. The molecule has 1 aromatic heterocycles. The number of likely N-dealkylation sites (tertiary alicyclic amines) is 1. The Bertz CT molecular complexity index is 1240. The Balaban J connectivity index is 1.38. The predicted molar refractivity (Wildman–Crippen MR) is 130 cm³/mol. The quantitative estimate of drug-likeness (QED) is 0.577. The van der Waals surface area contributed by atoms with Crippen molar-refractivity contribution in [3.05, 3.63) is 74.3 Å². The van der Waals surface area contributed by atoms with Crippen molar-refractivity contribution >= 4 is 29.0 Å². The summed E-state index contributed by atoms with van der Waals surface area (Å²) in [5, 5.41) is 3.47. The highest BCUT2D eigenvalue weighted by Gasteiger charge is 2.21. The van der Waals surface area contributed by atoms with Crippen molar-refractivity contribution < 1.29 is 4.79 Å². The summed E-state index contributed by atoms with van der Waals surface area (Å²) in [4.78, 5) is 30.5. The Labute approximate surface area is 193 Å². The van der Waals surface area contributed by atoms with Crippen LogP contribution < -0.4 is 10.9 Å². The topological polar surface area (TPSA) is 70.1 Å². The second kappa shape index (κ2) is 9.38. The normalized spacial score (nSPS) is 19.2. The number of aromatic amines is 1. The number of H-pyrrole nitrogens is 1. The van der Waals surface area contributed by atoms with E-state index in [4.69, 9.17) is 12.2 Å². The summed E-state index contributed by atoms with van der Waals surface area (Å²) in [6.45, 7) is 8.39. The molecule has 2 unspecified atom stereocenters. The second-order valence-electron chi connectivity index (χ2n) is 9.19. The fourth-order valence-corrected chi connectivity index (χ4v) is 4.87. The van der Waals surface area contributed by atoms with E-state index in [1.807, 2.05) is 0 Å². The van der Waals surface area contributed by atoms with Gasteiger partial charge in [0.15, 0.2) is 4.77 Å². The molecule has 7 heteroatoms. The molecule has 4 rings (SSSR count). The Hall–Kier alpha value is -2.77. The number of hydrogen-bond donors (Lipinski definition) is 2. The Morgan fingerprint density at radius 1 is 1.09 bits per heavy atom. The molecule has 32 heavy (non-hydrogen) atoms. The molecule has 3 aromatic rings. The molecule has 0 aliphatic carbocycles. The molecule has 1 amide bonds. The van der Waals surface area contributed by atoms with E-state index < -0.39 is 0 Å². The van der Waals surface area contributed by atoms with Gasteiger partial charge in [0, 0.05) is 38.8 Å². The Morgan fingerprint density at radius 3 is 2.44 bits per heavy atom. The summed E-state index contributed by atoms with van der Waals surface area (Å²) < 4.78 is 1.71. The maximum Gasteiger partial charge on any atom is 0.261 e. The zero-order chi connectivity index (χ0) is 22.8. The lowest BCUT2D eigenvalue weighted by atomic mass is 9.91. The summed E-state index contributed by atoms with van der Waals surface area (Å²) >= 11 is 5.17. The number of carbonyl (C=O) groups excluding carboxylic acids is 1. The van der Waals surface area contributed by atoms with Crippen LogP contribution in [0.25, 0.3) is 10.9 Å². The van der Waals surface area contributed by atoms with Crippen molar-refractivity contribution in [1.29, 1.82) is 0 Å². The minimum atomic E-state index is -0.188. The van der Waals surface area contributed by atoms with Gasteiger partial charge in [-0.15, -0.1) is 0 Å². The summed E-state index contributed by atoms with van der Waals surface area (Å²) in [5.41, 5.74) is 3.23. The van der Waals surface area contributed by atoms with Crippen LogP contribution in [0.15, 0.2) is 47.3 Å². The molecule has 168 valence electrons. The first-order valence-corrected chi connectivity index (χ1v) is 11.5. The number of fused-ring (bicyclic) bond motifs is 1. The van der Waals surface area contributed by atoms with Crippen molar-refractivity contribution in [2.75, 3.05) is 13.1 Å². The highest BCUT2D eigenvalue weighted by molar-refractivity contribution is 7.71. The molecular weight excluding hydrogens is 420 g/mol. The van der Waals surface area contributed by atoms with E-state index in [1.165, 1.54) is 16.6 Å². The van der Waals surface area contributed by atoms with Gasteiger partial charge in [-0.1, -0.05) is 38.1 Å². The van der Waals surface area contributed by atoms with E-state index in [9.17, 15) is 9.59 Å². The van der Waals surface area contributed by atoms with Gasteiger partial charge in [0.05, 0.1) is 10.9 Å². The van der Waals surface area contributed by atoms with Crippen LogP contribution in [0.2, 0.25) is 0 Å². The van der Waals surface area contributed by atoms with Gasteiger partial charge in [-0.05, 0) is 59.8 Å². The van der Waals surface area contributed by atoms with Gasteiger partial charge in [0.1, 0.15) is 0 Å². The van der Waals surface area contributed by atoms with Gasteiger partial charge >= 0.3 is 0 Å². The van der Waals surface area contributed by atoms with Crippen LogP contribution in [0.5, 0.6) is 0 Å². The van der Waals surface area contributed by atoms with Crippen LogP contribution >= 0.6 is 12.2 Å². The van der Waals surface area contributed by atoms with Crippen LogP contribution in [0.1, 0.15) is 41.8 Å². The van der Waals surface area contributed by atoms with Gasteiger partial charge in [0.25, 0.3) is 11.5 Å². The lowest BCUT2D eigenvalue weighted by Gasteiger charge is -2.35. The molecular formula is C25H30N4O2S.